The van der Waals surface area contributed by atoms with Gasteiger partial charge < -0.3 is 10.1 Å². The van der Waals surface area contributed by atoms with E-state index in [1.165, 1.54) is 36.6 Å². The van der Waals surface area contributed by atoms with Gasteiger partial charge in [-0.1, -0.05) is 29.8 Å². The average molecular weight is 363 g/mol. The summed E-state index contributed by atoms with van der Waals surface area (Å²) in [6.45, 7) is 0. The maximum absolute atomic E-state index is 12.5. The quantitative estimate of drug-likeness (QED) is 0.537. The molecule has 1 N–H and O–H groups in total. The third-order valence-electron chi connectivity index (χ3n) is 3.37. The van der Waals surface area contributed by atoms with Crippen molar-refractivity contribution >= 4 is 50.3 Å². The Hall–Kier alpha value is -2.64. The van der Waals surface area contributed by atoms with E-state index in [4.69, 9.17) is 16.3 Å². The number of benzene rings is 2. The molecule has 1 aromatic heterocycles. The Morgan fingerprint density at radius 1 is 1.29 bits per heavy atom. The van der Waals surface area contributed by atoms with Gasteiger partial charge >= 0.3 is 5.69 Å². The van der Waals surface area contributed by atoms with Gasteiger partial charge in [-0.2, -0.15) is 0 Å². The van der Waals surface area contributed by atoms with Crippen molar-refractivity contribution in [1.29, 1.82) is 0 Å². The number of halogens is 1. The van der Waals surface area contributed by atoms with Crippen LogP contribution in [0, 0.1) is 10.1 Å². The number of anilines is 1. The van der Waals surface area contributed by atoms with Crippen LogP contribution in [0.5, 0.6) is 5.75 Å². The minimum absolute atomic E-state index is 0.123. The second-order valence-electron chi connectivity index (χ2n) is 4.84. The number of fused-ring (bicyclic) bond motifs is 1. The topological polar surface area (TPSA) is 81.5 Å². The molecular formula is C16H11ClN2O4S. The molecule has 1 amide bonds. The maximum Gasteiger partial charge on any atom is 0.312 e. The van der Waals surface area contributed by atoms with Gasteiger partial charge in [-0.25, -0.2) is 0 Å². The lowest BCUT2D eigenvalue weighted by Crippen LogP contribution is -2.11. The smallest absolute Gasteiger partial charge is 0.312 e. The molecule has 0 spiro atoms. The number of hydrogen-bond donors (Lipinski definition) is 1. The highest BCUT2D eigenvalue weighted by Gasteiger charge is 2.19. The fraction of sp³-hybridized carbons (Fsp3) is 0.0625. The third-order valence-corrected chi connectivity index (χ3v) is 5.05. The molecule has 0 aliphatic heterocycles. The standard InChI is InChI=1S/C16H11ClN2O4S/c1-23-12-7-6-9(8-11(12)19(21)22)18-16(20)15-14(17)10-4-2-3-5-13(10)24-15/h2-8H,1H3,(H,18,20). The van der Waals surface area contributed by atoms with Crippen molar-refractivity contribution in [2.24, 2.45) is 0 Å². The number of ether oxygens (including phenoxy) is 1. The summed E-state index contributed by atoms with van der Waals surface area (Å²) in [5, 5.41) is 14.9. The van der Waals surface area contributed by atoms with Crippen LogP contribution in [0.3, 0.4) is 0 Å². The van der Waals surface area contributed by atoms with E-state index in [0.717, 1.165) is 10.1 Å². The van der Waals surface area contributed by atoms with Crippen molar-refractivity contribution < 1.29 is 14.5 Å². The van der Waals surface area contributed by atoms with E-state index in [0.29, 0.717) is 15.6 Å². The van der Waals surface area contributed by atoms with Crippen molar-refractivity contribution in [3.05, 3.63) is 62.5 Å². The van der Waals surface area contributed by atoms with Gasteiger partial charge in [0, 0.05) is 21.8 Å². The Kier molecular flexibility index (Phi) is 4.37. The molecule has 6 nitrogen and oxygen atoms in total. The molecule has 8 heteroatoms. The van der Waals surface area contributed by atoms with Gasteiger partial charge in [0.1, 0.15) is 4.88 Å². The minimum atomic E-state index is -0.569. The van der Waals surface area contributed by atoms with Crippen LogP contribution in [-0.4, -0.2) is 17.9 Å². The molecule has 24 heavy (non-hydrogen) atoms. The van der Waals surface area contributed by atoms with Crippen LogP contribution in [0.4, 0.5) is 11.4 Å². The van der Waals surface area contributed by atoms with Gasteiger partial charge in [0.15, 0.2) is 5.75 Å². The first kappa shape index (κ1) is 16.2. The summed E-state index contributed by atoms with van der Waals surface area (Å²) in [4.78, 5) is 23.3. The number of methoxy groups -OCH3 is 1. The largest absolute Gasteiger partial charge is 0.490 e. The van der Waals surface area contributed by atoms with Gasteiger partial charge in [-0.3, -0.25) is 14.9 Å². The number of nitro benzene ring substituents is 1. The Morgan fingerprint density at radius 3 is 2.71 bits per heavy atom. The summed E-state index contributed by atoms with van der Waals surface area (Å²) in [7, 11) is 1.34. The van der Waals surface area contributed by atoms with Crippen LogP contribution in [-0.2, 0) is 0 Å². The summed E-state index contributed by atoms with van der Waals surface area (Å²) >= 11 is 7.54. The first-order chi connectivity index (χ1) is 11.5. The molecule has 0 atom stereocenters. The number of hydrogen-bond acceptors (Lipinski definition) is 5. The van der Waals surface area contributed by atoms with Crippen molar-refractivity contribution in [3.63, 3.8) is 0 Å². The number of nitrogens with zero attached hydrogens (tertiary/aromatic N) is 1. The first-order valence-corrected chi connectivity index (χ1v) is 8.01. The molecule has 0 aliphatic rings. The lowest BCUT2D eigenvalue weighted by atomic mass is 10.2. The third kappa shape index (κ3) is 2.91. The molecule has 0 saturated carbocycles. The lowest BCUT2D eigenvalue weighted by Gasteiger charge is -2.06. The molecule has 0 radical (unpaired) electrons. The zero-order valence-electron chi connectivity index (χ0n) is 12.4. The van der Waals surface area contributed by atoms with Gasteiger partial charge in [-0.15, -0.1) is 11.3 Å². The number of nitrogens with one attached hydrogen (secondary N) is 1. The van der Waals surface area contributed by atoms with E-state index in [-0.39, 0.29) is 11.4 Å². The van der Waals surface area contributed by atoms with Crippen LogP contribution in [0.25, 0.3) is 10.1 Å². The predicted octanol–water partition coefficient (Wildman–Crippen LogP) is 4.72. The molecule has 3 aromatic rings. The SMILES string of the molecule is COc1ccc(NC(=O)c2sc3ccccc3c2Cl)cc1[N+](=O)[O-]. The van der Waals surface area contributed by atoms with Crippen molar-refractivity contribution in [2.45, 2.75) is 0 Å². The molecule has 2 aromatic carbocycles. The van der Waals surface area contributed by atoms with E-state index in [1.807, 2.05) is 24.3 Å². The van der Waals surface area contributed by atoms with E-state index < -0.39 is 10.8 Å². The second-order valence-corrected chi connectivity index (χ2v) is 6.27. The maximum atomic E-state index is 12.5. The van der Waals surface area contributed by atoms with Crippen LogP contribution in [0.15, 0.2) is 42.5 Å². The molecule has 1 heterocycles. The highest BCUT2D eigenvalue weighted by molar-refractivity contribution is 7.21. The predicted molar refractivity (Wildman–Crippen MR) is 94.4 cm³/mol. The minimum Gasteiger partial charge on any atom is -0.490 e. The fourth-order valence-corrected chi connectivity index (χ4v) is 3.67. The molecule has 0 saturated heterocycles. The summed E-state index contributed by atoms with van der Waals surface area (Å²) in [5.74, 6) is -0.293. The van der Waals surface area contributed by atoms with Crippen LogP contribution in [0.1, 0.15) is 9.67 Å². The lowest BCUT2D eigenvalue weighted by molar-refractivity contribution is -0.385. The fourth-order valence-electron chi connectivity index (χ4n) is 2.26. The van der Waals surface area contributed by atoms with Gasteiger partial charge in [0.05, 0.1) is 17.1 Å². The number of carbonyl (C=O) groups is 1. The Balaban J connectivity index is 1.93. The summed E-state index contributed by atoms with van der Waals surface area (Å²) < 4.78 is 5.83. The van der Waals surface area contributed by atoms with E-state index in [9.17, 15) is 14.9 Å². The molecule has 0 fully saturated rings. The molecule has 122 valence electrons. The van der Waals surface area contributed by atoms with Crippen LogP contribution < -0.4 is 10.1 Å². The Bertz CT molecular complexity index is 954. The van der Waals surface area contributed by atoms with Crippen LogP contribution >= 0.6 is 22.9 Å². The van der Waals surface area contributed by atoms with Crippen LogP contribution in [0.2, 0.25) is 5.02 Å². The Labute approximate surface area is 145 Å². The number of nitro groups is 1. The molecule has 0 unspecified atom stereocenters. The second kappa shape index (κ2) is 6.46. The number of carbonyl (C=O) groups excluding carboxylic acids is 1. The normalized spacial score (nSPS) is 10.6. The zero-order valence-corrected chi connectivity index (χ0v) is 14.0. The number of thiophene rings is 1. The van der Waals surface area contributed by atoms with E-state index >= 15 is 0 Å². The summed E-state index contributed by atoms with van der Waals surface area (Å²) in [5.41, 5.74) is 0.0683. The average Bonchev–Trinajstić information content (AvgIpc) is 2.92. The Morgan fingerprint density at radius 2 is 2.04 bits per heavy atom. The highest BCUT2D eigenvalue weighted by Crippen LogP contribution is 2.36. The highest BCUT2D eigenvalue weighted by atomic mass is 35.5. The molecular weight excluding hydrogens is 352 g/mol. The molecule has 0 aliphatic carbocycles. The number of rotatable bonds is 4. The van der Waals surface area contributed by atoms with Gasteiger partial charge in [0.2, 0.25) is 0 Å². The summed E-state index contributed by atoms with van der Waals surface area (Å²) in [6.07, 6.45) is 0. The zero-order chi connectivity index (χ0) is 17.3. The van der Waals surface area contributed by atoms with Gasteiger partial charge in [0.25, 0.3) is 5.91 Å². The first-order valence-electron chi connectivity index (χ1n) is 6.82. The van der Waals surface area contributed by atoms with Gasteiger partial charge in [-0.05, 0) is 18.2 Å². The van der Waals surface area contributed by atoms with Crippen molar-refractivity contribution in [3.8, 4) is 5.75 Å². The summed E-state index contributed by atoms with van der Waals surface area (Å²) in [6, 6.07) is 11.6. The molecule has 3 rings (SSSR count). The number of amides is 1. The van der Waals surface area contributed by atoms with E-state index in [1.54, 1.807) is 0 Å². The van der Waals surface area contributed by atoms with E-state index in [2.05, 4.69) is 5.32 Å². The monoisotopic (exact) mass is 362 g/mol. The molecule has 0 bridgehead atoms. The van der Waals surface area contributed by atoms with Crippen molar-refractivity contribution in [1.82, 2.24) is 0 Å². The van der Waals surface area contributed by atoms with Crippen molar-refractivity contribution in [2.75, 3.05) is 12.4 Å².